The first kappa shape index (κ1) is 23.8. The van der Waals surface area contributed by atoms with Crippen LogP contribution in [0.5, 0.6) is 0 Å². The SMILES string of the molecule is CN(C[C@H](CCN1CCC(N)CC1)c1ccccc1)S(=O)(=O)c1ccccc1.Cl. The minimum Gasteiger partial charge on any atom is -0.328 e. The van der Waals surface area contributed by atoms with Crippen LogP contribution in [0.3, 0.4) is 0 Å². The van der Waals surface area contributed by atoms with Crippen molar-refractivity contribution < 1.29 is 8.42 Å². The molecule has 2 N–H and O–H groups in total. The van der Waals surface area contributed by atoms with Crippen molar-refractivity contribution in [1.29, 1.82) is 0 Å². The van der Waals surface area contributed by atoms with Crippen LogP contribution >= 0.6 is 12.4 Å². The van der Waals surface area contributed by atoms with E-state index >= 15 is 0 Å². The van der Waals surface area contributed by atoms with Gasteiger partial charge in [0.05, 0.1) is 4.90 Å². The summed E-state index contributed by atoms with van der Waals surface area (Å²) in [5, 5.41) is 0. The molecule has 5 nitrogen and oxygen atoms in total. The van der Waals surface area contributed by atoms with E-state index in [0.29, 0.717) is 17.5 Å². The van der Waals surface area contributed by atoms with E-state index in [0.717, 1.165) is 38.9 Å². The van der Waals surface area contributed by atoms with Crippen molar-refractivity contribution in [3.8, 4) is 0 Å². The van der Waals surface area contributed by atoms with Crippen LogP contribution in [0.2, 0.25) is 0 Å². The highest BCUT2D eigenvalue weighted by atomic mass is 35.5. The maximum absolute atomic E-state index is 12.9. The fourth-order valence-electron chi connectivity index (χ4n) is 3.78. The van der Waals surface area contributed by atoms with Gasteiger partial charge in [-0.15, -0.1) is 12.4 Å². The molecule has 7 heteroatoms. The molecular formula is C22H32ClN3O2S. The summed E-state index contributed by atoms with van der Waals surface area (Å²) in [6, 6.07) is 19.2. The molecule has 0 aromatic heterocycles. The average Bonchev–Trinajstić information content (AvgIpc) is 2.73. The molecule has 2 aromatic carbocycles. The van der Waals surface area contributed by atoms with Gasteiger partial charge in [0.15, 0.2) is 0 Å². The Morgan fingerprint density at radius 2 is 1.59 bits per heavy atom. The molecule has 1 aliphatic heterocycles. The summed E-state index contributed by atoms with van der Waals surface area (Å²) >= 11 is 0. The molecule has 0 unspecified atom stereocenters. The number of piperidine rings is 1. The Labute approximate surface area is 181 Å². The normalized spacial score (nSPS) is 17.1. The van der Waals surface area contributed by atoms with E-state index < -0.39 is 10.0 Å². The third-order valence-electron chi connectivity index (χ3n) is 5.63. The zero-order valence-electron chi connectivity index (χ0n) is 17.0. The number of hydrogen-bond acceptors (Lipinski definition) is 4. The molecule has 1 atom stereocenters. The first-order valence-electron chi connectivity index (χ1n) is 10.0. The smallest absolute Gasteiger partial charge is 0.242 e. The van der Waals surface area contributed by atoms with Crippen LogP contribution in [0.1, 0.15) is 30.7 Å². The Morgan fingerprint density at radius 1 is 1.03 bits per heavy atom. The molecule has 1 fully saturated rings. The Hall–Kier alpha value is -1.44. The monoisotopic (exact) mass is 437 g/mol. The first-order valence-corrected chi connectivity index (χ1v) is 11.4. The highest BCUT2D eigenvalue weighted by Gasteiger charge is 2.25. The predicted molar refractivity (Wildman–Crippen MR) is 121 cm³/mol. The fraction of sp³-hybridized carbons (Fsp3) is 0.455. The first-order chi connectivity index (χ1) is 13.5. The number of sulfonamides is 1. The number of halogens is 1. The molecule has 3 rings (SSSR count). The second-order valence-electron chi connectivity index (χ2n) is 7.67. The minimum absolute atomic E-state index is 0. The largest absolute Gasteiger partial charge is 0.328 e. The van der Waals surface area contributed by atoms with Crippen LogP contribution in [-0.2, 0) is 10.0 Å². The quantitative estimate of drug-likeness (QED) is 0.687. The van der Waals surface area contributed by atoms with Crippen molar-refractivity contribution in [2.75, 3.05) is 33.2 Å². The van der Waals surface area contributed by atoms with Crippen molar-refractivity contribution in [2.24, 2.45) is 5.73 Å². The summed E-state index contributed by atoms with van der Waals surface area (Å²) in [5.41, 5.74) is 7.20. The van der Waals surface area contributed by atoms with Crippen LogP contribution in [0.4, 0.5) is 0 Å². The molecule has 0 amide bonds. The molecule has 0 aliphatic carbocycles. The zero-order valence-corrected chi connectivity index (χ0v) is 18.6. The molecule has 1 saturated heterocycles. The van der Waals surface area contributed by atoms with E-state index in [-0.39, 0.29) is 18.3 Å². The number of benzene rings is 2. The van der Waals surface area contributed by atoms with E-state index in [9.17, 15) is 8.42 Å². The van der Waals surface area contributed by atoms with Crippen LogP contribution in [0.25, 0.3) is 0 Å². The molecule has 0 bridgehead atoms. The Bertz CT molecular complexity index is 826. The van der Waals surface area contributed by atoms with Gasteiger partial charge in [-0.2, -0.15) is 0 Å². The number of nitrogens with zero attached hydrogens (tertiary/aromatic N) is 2. The summed E-state index contributed by atoms with van der Waals surface area (Å²) < 4.78 is 27.4. The lowest BCUT2D eigenvalue weighted by Crippen LogP contribution is -2.40. The van der Waals surface area contributed by atoms with Crippen molar-refractivity contribution in [3.05, 3.63) is 66.2 Å². The molecule has 0 radical (unpaired) electrons. The van der Waals surface area contributed by atoms with Gasteiger partial charge in [-0.1, -0.05) is 48.5 Å². The highest BCUT2D eigenvalue weighted by molar-refractivity contribution is 7.89. The summed E-state index contributed by atoms with van der Waals surface area (Å²) in [5.74, 6) is 0.153. The second kappa shape index (κ2) is 11.1. The van der Waals surface area contributed by atoms with E-state index in [2.05, 4.69) is 17.0 Å². The lowest BCUT2D eigenvalue weighted by atomic mass is 9.95. The highest BCUT2D eigenvalue weighted by Crippen LogP contribution is 2.25. The van der Waals surface area contributed by atoms with Gasteiger partial charge in [0.2, 0.25) is 10.0 Å². The topological polar surface area (TPSA) is 66.6 Å². The standard InChI is InChI=1S/C22H31N3O2S.ClH/c1-24(28(26,27)22-10-6-3-7-11-22)18-20(19-8-4-2-5-9-19)12-15-25-16-13-21(23)14-17-25;/h2-11,20-21H,12-18,23H2,1H3;1H/t20-;/m0./s1. The molecule has 1 aliphatic rings. The van der Waals surface area contributed by atoms with Crippen molar-refractivity contribution >= 4 is 22.4 Å². The van der Waals surface area contributed by atoms with Crippen molar-refractivity contribution in [2.45, 2.75) is 36.1 Å². The summed E-state index contributed by atoms with van der Waals surface area (Å²) in [4.78, 5) is 2.79. The van der Waals surface area contributed by atoms with Gasteiger partial charge < -0.3 is 10.6 Å². The van der Waals surface area contributed by atoms with E-state index in [4.69, 9.17) is 5.73 Å². The Balaban J connectivity index is 0.00000300. The van der Waals surface area contributed by atoms with Gasteiger partial charge in [0, 0.05) is 19.6 Å². The number of rotatable bonds is 8. The summed E-state index contributed by atoms with van der Waals surface area (Å²) in [7, 11) is -1.81. The van der Waals surface area contributed by atoms with Gasteiger partial charge in [0.1, 0.15) is 0 Å². The van der Waals surface area contributed by atoms with Gasteiger partial charge >= 0.3 is 0 Å². The Morgan fingerprint density at radius 3 is 2.17 bits per heavy atom. The van der Waals surface area contributed by atoms with Gasteiger partial charge in [-0.3, -0.25) is 0 Å². The second-order valence-corrected chi connectivity index (χ2v) is 9.72. The van der Waals surface area contributed by atoms with Crippen molar-refractivity contribution in [3.63, 3.8) is 0 Å². The molecular weight excluding hydrogens is 406 g/mol. The maximum Gasteiger partial charge on any atom is 0.242 e. The molecule has 2 aromatic rings. The molecule has 29 heavy (non-hydrogen) atoms. The molecule has 0 spiro atoms. The van der Waals surface area contributed by atoms with Crippen LogP contribution < -0.4 is 5.73 Å². The number of nitrogens with two attached hydrogens (primary N) is 1. The van der Waals surface area contributed by atoms with E-state index in [1.165, 1.54) is 9.87 Å². The molecule has 160 valence electrons. The van der Waals surface area contributed by atoms with Gasteiger partial charge in [-0.05, 0) is 62.5 Å². The lowest BCUT2D eigenvalue weighted by Gasteiger charge is -2.32. The van der Waals surface area contributed by atoms with E-state index in [1.807, 2.05) is 24.3 Å². The van der Waals surface area contributed by atoms with Crippen molar-refractivity contribution in [1.82, 2.24) is 9.21 Å². The van der Waals surface area contributed by atoms with Gasteiger partial charge in [-0.25, -0.2) is 12.7 Å². The van der Waals surface area contributed by atoms with Gasteiger partial charge in [0.25, 0.3) is 0 Å². The Kier molecular flexibility index (Phi) is 9.11. The number of likely N-dealkylation sites (N-methyl/N-ethyl adjacent to an activating group) is 1. The van der Waals surface area contributed by atoms with E-state index in [1.54, 1.807) is 31.3 Å². The summed E-state index contributed by atoms with van der Waals surface area (Å²) in [6.07, 6.45) is 3.00. The minimum atomic E-state index is -3.49. The summed E-state index contributed by atoms with van der Waals surface area (Å²) in [6.45, 7) is 3.49. The molecule has 0 saturated carbocycles. The average molecular weight is 438 g/mol. The van der Waals surface area contributed by atoms with Crippen LogP contribution in [-0.4, -0.2) is 56.9 Å². The number of likely N-dealkylation sites (tertiary alicyclic amines) is 1. The predicted octanol–water partition coefficient (Wildman–Crippen LogP) is 3.33. The maximum atomic E-state index is 12.9. The zero-order chi connectivity index (χ0) is 20.0. The van der Waals surface area contributed by atoms with Crippen LogP contribution in [0.15, 0.2) is 65.6 Å². The fourth-order valence-corrected chi connectivity index (χ4v) is 5.02. The molecule has 1 heterocycles. The number of hydrogen-bond donors (Lipinski definition) is 1. The third kappa shape index (κ3) is 6.52. The van der Waals surface area contributed by atoms with Crippen LogP contribution in [0, 0.1) is 0 Å². The third-order valence-corrected chi connectivity index (χ3v) is 7.46. The lowest BCUT2D eigenvalue weighted by molar-refractivity contribution is 0.204.